The third kappa shape index (κ3) is 2.56. The molecule has 0 saturated carbocycles. The molecule has 0 spiro atoms. The summed E-state index contributed by atoms with van der Waals surface area (Å²) in [6, 6.07) is 3.07. The number of fused-ring (bicyclic) bond motifs is 1. The number of hydrogen-bond donors (Lipinski definition) is 0. The van der Waals surface area contributed by atoms with Crippen LogP contribution in [0.1, 0.15) is 6.92 Å². The fourth-order valence-corrected chi connectivity index (χ4v) is 3.32. The van der Waals surface area contributed by atoms with Gasteiger partial charge in [0.25, 0.3) is 5.91 Å². The zero-order valence-electron chi connectivity index (χ0n) is 12.7. The number of halogens is 2. The van der Waals surface area contributed by atoms with Crippen molar-refractivity contribution in [2.75, 3.05) is 11.5 Å². The van der Waals surface area contributed by atoms with Gasteiger partial charge in [0.15, 0.2) is 11.8 Å². The largest absolute Gasteiger partial charge is 0.461 e. The summed E-state index contributed by atoms with van der Waals surface area (Å²) in [7, 11) is 0. The molecule has 11 heteroatoms. The molecule has 2 amide bonds. The lowest BCUT2D eigenvalue weighted by Gasteiger charge is -2.19. The monoisotopic (exact) mass is 384 g/mol. The van der Waals surface area contributed by atoms with Crippen molar-refractivity contribution in [3.8, 4) is 0 Å². The van der Waals surface area contributed by atoms with E-state index in [1.807, 2.05) is 0 Å². The number of esters is 1. The van der Waals surface area contributed by atoms with Crippen molar-refractivity contribution in [2.45, 2.75) is 13.0 Å². The summed E-state index contributed by atoms with van der Waals surface area (Å²) in [4.78, 5) is 49.3. The molecule has 2 unspecified atom stereocenters. The lowest BCUT2D eigenvalue weighted by atomic mass is 9.98. The van der Waals surface area contributed by atoms with Crippen LogP contribution in [-0.2, 0) is 19.1 Å². The summed E-state index contributed by atoms with van der Waals surface area (Å²) >= 11 is 12.1. The summed E-state index contributed by atoms with van der Waals surface area (Å²) < 4.78 is 4.82. The van der Waals surface area contributed by atoms with Crippen LogP contribution < -0.4 is 4.90 Å². The van der Waals surface area contributed by atoms with Crippen LogP contribution >= 0.6 is 23.2 Å². The van der Waals surface area contributed by atoms with Crippen LogP contribution in [0.2, 0.25) is 10.0 Å². The van der Waals surface area contributed by atoms with Crippen molar-refractivity contribution < 1.29 is 19.1 Å². The molecule has 1 aromatic rings. The second-order valence-corrected chi connectivity index (χ2v) is 5.93. The first-order valence-corrected chi connectivity index (χ1v) is 7.87. The quantitative estimate of drug-likeness (QED) is 0.444. The molecule has 2 heterocycles. The predicted molar refractivity (Wildman–Crippen MR) is 87.9 cm³/mol. The van der Waals surface area contributed by atoms with E-state index in [4.69, 9.17) is 27.9 Å². The second-order valence-electron chi connectivity index (χ2n) is 5.11. The van der Waals surface area contributed by atoms with Crippen molar-refractivity contribution in [2.24, 2.45) is 16.3 Å². The Labute approximate surface area is 151 Å². The van der Waals surface area contributed by atoms with Gasteiger partial charge in [0.05, 0.1) is 27.6 Å². The first kappa shape index (κ1) is 17.3. The smallest absolute Gasteiger partial charge is 0.355 e. The van der Waals surface area contributed by atoms with E-state index in [9.17, 15) is 19.3 Å². The molecule has 2 aliphatic heterocycles. The van der Waals surface area contributed by atoms with Crippen LogP contribution in [0.15, 0.2) is 28.6 Å². The van der Waals surface area contributed by atoms with Crippen LogP contribution in [0.3, 0.4) is 0 Å². The fourth-order valence-electron chi connectivity index (χ4n) is 2.76. The van der Waals surface area contributed by atoms with Crippen LogP contribution in [0.5, 0.6) is 0 Å². The summed E-state index contributed by atoms with van der Waals surface area (Å²) in [5, 5.41) is 6.87. The number of ether oxygens (including phenoxy) is 1. The van der Waals surface area contributed by atoms with Gasteiger partial charge in [0.2, 0.25) is 5.91 Å². The number of amides is 2. The van der Waals surface area contributed by atoms with E-state index < -0.39 is 29.7 Å². The number of hydrogen-bond acceptors (Lipinski definition) is 7. The van der Waals surface area contributed by atoms with E-state index in [0.717, 1.165) is 4.90 Å². The Morgan fingerprint density at radius 1 is 1.28 bits per heavy atom. The number of para-hydroxylation sites is 1. The van der Waals surface area contributed by atoms with E-state index in [1.54, 1.807) is 13.0 Å². The van der Waals surface area contributed by atoms with Crippen LogP contribution in [0.25, 0.3) is 0 Å². The molecule has 0 radical (unpaired) electrons. The number of nitroso groups, excluding NO2 is 1. The normalized spacial score (nSPS) is 22.1. The van der Waals surface area contributed by atoms with Gasteiger partial charge < -0.3 is 4.74 Å². The Balaban J connectivity index is 2.07. The molecule has 0 N–H and O–H groups in total. The minimum absolute atomic E-state index is 0.0238. The molecule has 3 rings (SSSR count). The fraction of sp³-hybridized carbons (Fsp3) is 0.286. The molecule has 2 atom stereocenters. The van der Waals surface area contributed by atoms with Gasteiger partial charge in [-0.2, -0.15) is 0 Å². The first-order valence-electron chi connectivity index (χ1n) is 7.12. The average Bonchev–Trinajstić information content (AvgIpc) is 3.07. The molecule has 0 bridgehead atoms. The highest BCUT2D eigenvalue weighted by Crippen LogP contribution is 2.41. The van der Waals surface area contributed by atoms with Gasteiger partial charge >= 0.3 is 5.97 Å². The van der Waals surface area contributed by atoms with Crippen LogP contribution in [0.4, 0.5) is 5.69 Å². The maximum Gasteiger partial charge on any atom is 0.355 e. The molecule has 9 nitrogen and oxygen atoms in total. The topological polar surface area (TPSA) is 109 Å². The highest BCUT2D eigenvalue weighted by molar-refractivity contribution is 6.48. The number of nitrogens with zero attached hydrogens (tertiary/aromatic N) is 4. The standard InChI is InChI=1S/C14H10Cl2N4O5/c1-2-25-14(23)9-8-11(20(17-9)18-24)13(22)19(12(8)21)10-6(15)4-3-5-7(10)16/h3-5,8,11H,2H2,1H3. The summed E-state index contributed by atoms with van der Waals surface area (Å²) in [6.45, 7) is 1.60. The molecule has 25 heavy (non-hydrogen) atoms. The minimum atomic E-state index is -1.38. The summed E-state index contributed by atoms with van der Waals surface area (Å²) in [5.74, 6) is -3.83. The SMILES string of the molecule is CCOC(=O)C1=NN(N=O)C2C(=O)N(c3c(Cl)cccc3Cl)C(=O)C12. The number of rotatable bonds is 4. The third-order valence-corrected chi connectivity index (χ3v) is 4.37. The highest BCUT2D eigenvalue weighted by atomic mass is 35.5. The van der Waals surface area contributed by atoms with Crippen molar-refractivity contribution in [1.82, 2.24) is 5.12 Å². The molecule has 2 aliphatic rings. The lowest BCUT2D eigenvalue weighted by Crippen LogP contribution is -2.37. The van der Waals surface area contributed by atoms with E-state index in [2.05, 4.69) is 10.4 Å². The highest BCUT2D eigenvalue weighted by Gasteiger charge is 2.60. The number of imide groups is 1. The second kappa shape index (κ2) is 6.41. The maximum absolute atomic E-state index is 12.8. The van der Waals surface area contributed by atoms with Crippen molar-refractivity contribution in [3.05, 3.63) is 33.2 Å². The number of hydrazone groups is 1. The third-order valence-electron chi connectivity index (χ3n) is 3.76. The van der Waals surface area contributed by atoms with Crippen LogP contribution in [-0.4, -0.2) is 41.3 Å². The van der Waals surface area contributed by atoms with E-state index in [1.165, 1.54) is 12.1 Å². The van der Waals surface area contributed by atoms with Crippen molar-refractivity contribution in [3.63, 3.8) is 0 Å². The Hall–Kier alpha value is -2.52. The van der Waals surface area contributed by atoms with Gasteiger partial charge in [0, 0.05) is 0 Å². The van der Waals surface area contributed by atoms with Gasteiger partial charge in [-0.1, -0.05) is 29.3 Å². The average molecular weight is 385 g/mol. The predicted octanol–water partition coefficient (Wildman–Crippen LogP) is 1.77. The lowest BCUT2D eigenvalue weighted by molar-refractivity contribution is -0.136. The van der Waals surface area contributed by atoms with Crippen molar-refractivity contribution in [1.29, 1.82) is 0 Å². The Morgan fingerprint density at radius 2 is 1.92 bits per heavy atom. The van der Waals surface area contributed by atoms with E-state index in [-0.39, 0.29) is 28.1 Å². The summed E-state index contributed by atoms with van der Waals surface area (Å²) in [6.07, 6.45) is 0. The van der Waals surface area contributed by atoms with Gasteiger partial charge in [-0.3, -0.25) is 9.59 Å². The Bertz CT molecular complexity index is 807. The van der Waals surface area contributed by atoms with E-state index in [0.29, 0.717) is 5.12 Å². The molecule has 1 aromatic carbocycles. The van der Waals surface area contributed by atoms with Crippen LogP contribution in [0, 0.1) is 10.8 Å². The van der Waals surface area contributed by atoms with Gasteiger partial charge in [-0.05, 0) is 19.1 Å². The minimum Gasteiger partial charge on any atom is -0.461 e. The Kier molecular flexibility index (Phi) is 4.44. The van der Waals surface area contributed by atoms with E-state index >= 15 is 0 Å². The van der Waals surface area contributed by atoms with Gasteiger partial charge in [-0.25, -0.2) is 9.69 Å². The Morgan fingerprint density at radius 3 is 2.48 bits per heavy atom. The first-order chi connectivity index (χ1) is 11.9. The number of carbonyl (C=O) groups is 3. The molecular weight excluding hydrogens is 375 g/mol. The van der Waals surface area contributed by atoms with Crippen molar-refractivity contribution >= 4 is 52.4 Å². The van der Waals surface area contributed by atoms with Gasteiger partial charge in [0.1, 0.15) is 5.92 Å². The maximum atomic E-state index is 12.8. The number of benzene rings is 1. The number of anilines is 1. The van der Waals surface area contributed by atoms with Gasteiger partial charge in [-0.15, -0.1) is 15.1 Å². The molecule has 130 valence electrons. The molecular formula is C14H10Cl2N4O5. The molecule has 0 aromatic heterocycles. The molecule has 1 fully saturated rings. The number of carbonyl (C=O) groups excluding carboxylic acids is 3. The molecule has 0 aliphatic carbocycles. The zero-order chi connectivity index (χ0) is 18.3. The molecule has 1 saturated heterocycles. The summed E-state index contributed by atoms with van der Waals surface area (Å²) in [5.41, 5.74) is -0.389. The zero-order valence-corrected chi connectivity index (χ0v) is 14.2.